The van der Waals surface area contributed by atoms with Gasteiger partial charge < -0.3 is 10.4 Å². The Labute approximate surface area is 104 Å². The van der Waals surface area contributed by atoms with E-state index in [1.54, 1.807) is 11.4 Å². The minimum Gasteiger partial charge on any atom is -0.394 e. The van der Waals surface area contributed by atoms with E-state index in [2.05, 4.69) is 20.4 Å². The van der Waals surface area contributed by atoms with E-state index in [1.807, 2.05) is 6.92 Å². The zero-order valence-electron chi connectivity index (χ0n) is 10.3. The zero-order valence-corrected chi connectivity index (χ0v) is 10.3. The number of rotatable bonds is 4. The maximum atomic E-state index is 12.0. The van der Waals surface area contributed by atoms with Crippen LogP contribution in [-0.2, 0) is 6.42 Å². The lowest BCUT2D eigenvalue weighted by Crippen LogP contribution is -2.36. The van der Waals surface area contributed by atoms with Crippen molar-refractivity contribution in [2.45, 2.75) is 26.3 Å². The third-order valence-electron chi connectivity index (χ3n) is 2.64. The molecule has 0 aliphatic heterocycles. The minimum absolute atomic E-state index is 0.105. The fourth-order valence-electron chi connectivity index (χ4n) is 1.70. The molecule has 1 amide bonds. The quantitative estimate of drug-likeness (QED) is 0.782. The largest absolute Gasteiger partial charge is 0.394 e. The van der Waals surface area contributed by atoms with Gasteiger partial charge in [-0.3, -0.25) is 4.79 Å². The summed E-state index contributed by atoms with van der Waals surface area (Å²) >= 11 is 0. The van der Waals surface area contributed by atoms with Crippen LogP contribution in [0, 0.1) is 0 Å². The van der Waals surface area contributed by atoms with Crippen LogP contribution in [0.4, 0.5) is 0 Å². The molecule has 0 fully saturated rings. The lowest BCUT2D eigenvalue weighted by molar-refractivity contribution is 0.0920. The summed E-state index contributed by atoms with van der Waals surface area (Å²) in [5, 5.41) is 15.7. The van der Waals surface area contributed by atoms with E-state index in [9.17, 15) is 4.79 Å². The molecule has 7 nitrogen and oxygen atoms in total. The van der Waals surface area contributed by atoms with Crippen molar-refractivity contribution in [2.75, 3.05) is 6.61 Å². The van der Waals surface area contributed by atoms with Crippen molar-refractivity contribution in [3.63, 3.8) is 0 Å². The predicted octanol–water partition coefficient (Wildman–Crippen LogP) is -0.203. The molecule has 96 valence electrons. The first-order valence-corrected chi connectivity index (χ1v) is 5.76. The number of nitrogens with one attached hydrogen (secondary N) is 1. The van der Waals surface area contributed by atoms with Crippen LogP contribution in [0.2, 0.25) is 0 Å². The summed E-state index contributed by atoms with van der Waals surface area (Å²) < 4.78 is 1.55. The van der Waals surface area contributed by atoms with Crippen LogP contribution in [0.15, 0.2) is 12.5 Å². The molecule has 7 heteroatoms. The van der Waals surface area contributed by atoms with Crippen LogP contribution >= 0.6 is 0 Å². The highest BCUT2D eigenvalue weighted by Gasteiger charge is 2.16. The van der Waals surface area contributed by atoms with Gasteiger partial charge in [0.15, 0.2) is 0 Å². The van der Waals surface area contributed by atoms with Gasteiger partial charge >= 0.3 is 0 Å². The van der Waals surface area contributed by atoms with Gasteiger partial charge in [0.1, 0.15) is 6.33 Å². The maximum absolute atomic E-state index is 12.0. The third-order valence-corrected chi connectivity index (χ3v) is 2.64. The van der Waals surface area contributed by atoms with Gasteiger partial charge in [-0.25, -0.2) is 9.50 Å². The Kier molecular flexibility index (Phi) is 3.52. The standard InChI is InChI=1S/C11H15N5O2/c1-3-9-8(10(18)15-7(2)5-17)4-12-11-13-6-14-16(9)11/h4,6-7,17H,3,5H2,1-2H3,(H,15,18)/t7-/m0/s1. The minimum atomic E-state index is -0.298. The number of hydrogen-bond acceptors (Lipinski definition) is 5. The second-order valence-corrected chi connectivity index (χ2v) is 4.00. The normalized spacial score (nSPS) is 12.6. The Morgan fingerprint density at radius 1 is 1.56 bits per heavy atom. The van der Waals surface area contributed by atoms with Gasteiger partial charge in [-0.2, -0.15) is 10.1 Å². The molecule has 0 radical (unpaired) electrons. The summed E-state index contributed by atoms with van der Waals surface area (Å²) in [4.78, 5) is 20.1. The number of nitrogens with zero attached hydrogens (tertiary/aromatic N) is 4. The molecule has 1 atom stereocenters. The van der Waals surface area contributed by atoms with E-state index in [0.29, 0.717) is 17.8 Å². The molecule has 0 spiro atoms. The van der Waals surface area contributed by atoms with Gasteiger partial charge in [-0.15, -0.1) is 0 Å². The van der Waals surface area contributed by atoms with Crippen molar-refractivity contribution >= 4 is 11.7 Å². The molecular weight excluding hydrogens is 234 g/mol. The SMILES string of the molecule is CCc1c(C(=O)N[C@@H](C)CO)cnc2ncnn12. The van der Waals surface area contributed by atoms with E-state index >= 15 is 0 Å². The van der Waals surface area contributed by atoms with Gasteiger partial charge in [-0.05, 0) is 13.3 Å². The summed E-state index contributed by atoms with van der Waals surface area (Å²) in [5.74, 6) is 0.205. The van der Waals surface area contributed by atoms with Crippen molar-refractivity contribution in [1.29, 1.82) is 0 Å². The second-order valence-electron chi connectivity index (χ2n) is 4.00. The highest BCUT2D eigenvalue weighted by atomic mass is 16.3. The summed E-state index contributed by atoms with van der Waals surface area (Å²) in [6.07, 6.45) is 3.53. The van der Waals surface area contributed by atoms with Crippen LogP contribution in [0.5, 0.6) is 0 Å². The summed E-state index contributed by atoms with van der Waals surface area (Å²) in [6, 6.07) is -0.298. The Bertz CT molecular complexity index is 566. The van der Waals surface area contributed by atoms with Crippen LogP contribution in [-0.4, -0.2) is 43.2 Å². The fourth-order valence-corrected chi connectivity index (χ4v) is 1.70. The molecule has 0 aromatic carbocycles. The number of carbonyl (C=O) groups excluding carboxylic acids is 1. The molecule has 0 unspecified atom stereocenters. The summed E-state index contributed by atoms with van der Waals surface area (Å²) in [7, 11) is 0. The van der Waals surface area contributed by atoms with Crippen molar-refractivity contribution < 1.29 is 9.90 Å². The number of carbonyl (C=O) groups is 1. The Balaban J connectivity index is 2.40. The predicted molar refractivity (Wildman–Crippen MR) is 64.2 cm³/mol. The molecule has 2 rings (SSSR count). The smallest absolute Gasteiger partial charge is 0.254 e. The van der Waals surface area contributed by atoms with Crippen molar-refractivity contribution in [2.24, 2.45) is 0 Å². The van der Waals surface area contributed by atoms with Gasteiger partial charge in [0.2, 0.25) is 0 Å². The second kappa shape index (κ2) is 5.09. The molecule has 2 aromatic heterocycles. The molecule has 0 aliphatic rings. The molecule has 18 heavy (non-hydrogen) atoms. The van der Waals surface area contributed by atoms with E-state index in [1.165, 1.54) is 12.5 Å². The number of aryl methyl sites for hydroxylation is 1. The summed E-state index contributed by atoms with van der Waals surface area (Å²) in [5.41, 5.74) is 1.20. The van der Waals surface area contributed by atoms with Crippen molar-refractivity contribution in [1.82, 2.24) is 24.9 Å². The number of aromatic nitrogens is 4. The lowest BCUT2D eigenvalue weighted by atomic mass is 10.1. The molecule has 2 heterocycles. The molecule has 2 N–H and O–H groups in total. The number of fused-ring (bicyclic) bond motifs is 1. The first-order valence-electron chi connectivity index (χ1n) is 5.76. The molecule has 0 bridgehead atoms. The van der Waals surface area contributed by atoms with Gasteiger partial charge in [0.05, 0.1) is 17.9 Å². The Hall–Kier alpha value is -2.02. The first kappa shape index (κ1) is 12.4. The zero-order chi connectivity index (χ0) is 13.1. The average molecular weight is 249 g/mol. The highest BCUT2D eigenvalue weighted by Crippen LogP contribution is 2.09. The lowest BCUT2D eigenvalue weighted by Gasteiger charge is -2.13. The van der Waals surface area contributed by atoms with E-state index < -0.39 is 0 Å². The molecule has 2 aromatic rings. The molecule has 0 saturated carbocycles. The molecular formula is C11H15N5O2. The number of aliphatic hydroxyl groups is 1. The van der Waals surface area contributed by atoms with E-state index in [4.69, 9.17) is 5.11 Å². The molecule has 0 aliphatic carbocycles. The van der Waals surface area contributed by atoms with Gasteiger partial charge in [0.25, 0.3) is 11.7 Å². The van der Waals surface area contributed by atoms with Crippen molar-refractivity contribution in [3.05, 3.63) is 23.8 Å². The van der Waals surface area contributed by atoms with Gasteiger partial charge in [-0.1, -0.05) is 6.92 Å². The maximum Gasteiger partial charge on any atom is 0.254 e. The topological polar surface area (TPSA) is 92.4 Å². The number of hydrogen-bond donors (Lipinski definition) is 2. The highest BCUT2D eigenvalue weighted by molar-refractivity contribution is 5.95. The number of aliphatic hydroxyl groups excluding tert-OH is 1. The Morgan fingerprint density at radius 2 is 2.33 bits per heavy atom. The monoisotopic (exact) mass is 249 g/mol. The van der Waals surface area contributed by atoms with Gasteiger partial charge in [0, 0.05) is 12.2 Å². The van der Waals surface area contributed by atoms with Crippen molar-refractivity contribution in [3.8, 4) is 0 Å². The third kappa shape index (κ3) is 2.17. The van der Waals surface area contributed by atoms with Crippen LogP contribution in [0.3, 0.4) is 0 Å². The average Bonchev–Trinajstić information content (AvgIpc) is 2.85. The van der Waals surface area contributed by atoms with E-state index in [0.717, 1.165) is 5.69 Å². The number of amides is 1. The Morgan fingerprint density at radius 3 is 3.00 bits per heavy atom. The fraction of sp³-hybridized carbons (Fsp3) is 0.455. The molecule has 0 saturated heterocycles. The van der Waals surface area contributed by atoms with E-state index in [-0.39, 0.29) is 18.6 Å². The van der Waals surface area contributed by atoms with Crippen LogP contribution in [0.25, 0.3) is 5.78 Å². The first-order chi connectivity index (χ1) is 8.67. The van der Waals surface area contributed by atoms with Crippen LogP contribution < -0.4 is 5.32 Å². The van der Waals surface area contributed by atoms with Crippen LogP contribution in [0.1, 0.15) is 29.9 Å². The summed E-state index contributed by atoms with van der Waals surface area (Å²) in [6.45, 7) is 3.56.